The average molecular weight is 263 g/mol. The Labute approximate surface area is 90.3 Å². The number of methoxy groups -OCH3 is 1. The van der Waals surface area contributed by atoms with E-state index < -0.39 is 5.97 Å². The molecule has 0 fully saturated rings. The number of carbonyl (C=O) groups is 1. The van der Waals surface area contributed by atoms with Crippen LogP contribution in [0.5, 0.6) is 11.5 Å². The molecular formula is C9H11BrO4. The third kappa shape index (κ3) is 5.42. The number of benzene rings is 1. The monoisotopic (exact) mass is 262 g/mol. The van der Waals surface area contributed by atoms with Crippen molar-refractivity contribution in [1.29, 1.82) is 0 Å². The Bertz CT molecular complexity index is 308. The highest BCUT2D eigenvalue weighted by Crippen LogP contribution is 2.27. The van der Waals surface area contributed by atoms with Crippen LogP contribution in [0.1, 0.15) is 6.92 Å². The number of hydrogen-bond donors (Lipinski definition) is 2. The number of hydrogen-bond acceptors (Lipinski definition) is 3. The van der Waals surface area contributed by atoms with Crippen LogP contribution in [0.3, 0.4) is 0 Å². The number of phenols is 1. The number of carboxylic acids is 1. The minimum Gasteiger partial charge on any atom is -0.507 e. The van der Waals surface area contributed by atoms with Crippen molar-refractivity contribution in [2.75, 3.05) is 7.11 Å². The van der Waals surface area contributed by atoms with Crippen molar-refractivity contribution < 1.29 is 19.7 Å². The SMILES string of the molecule is CC(=O)O.COc1ccc(O)c(Br)c1. The second-order valence-corrected chi connectivity index (χ2v) is 3.19. The molecule has 78 valence electrons. The minimum atomic E-state index is -0.833. The van der Waals surface area contributed by atoms with Gasteiger partial charge in [-0.15, -0.1) is 0 Å². The zero-order valence-electron chi connectivity index (χ0n) is 7.82. The van der Waals surface area contributed by atoms with Crippen LogP contribution in [-0.4, -0.2) is 23.3 Å². The summed E-state index contributed by atoms with van der Waals surface area (Å²) in [5.41, 5.74) is 0. The topological polar surface area (TPSA) is 66.8 Å². The van der Waals surface area contributed by atoms with Gasteiger partial charge in [0.15, 0.2) is 0 Å². The molecular weight excluding hydrogens is 252 g/mol. The summed E-state index contributed by atoms with van der Waals surface area (Å²) >= 11 is 3.16. The van der Waals surface area contributed by atoms with E-state index in [-0.39, 0.29) is 5.75 Å². The van der Waals surface area contributed by atoms with E-state index >= 15 is 0 Å². The fourth-order valence-electron chi connectivity index (χ4n) is 0.615. The summed E-state index contributed by atoms with van der Waals surface area (Å²) in [6.45, 7) is 1.08. The summed E-state index contributed by atoms with van der Waals surface area (Å²) in [5, 5.41) is 16.5. The van der Waals surface area contributed by atoms with E-state index in [1.807, 2.05) is 0 Å². The molecule has 0 aliphatic rings. The summed E-state index contributed by atoms with van der Waals surface area (Å²) in [5.74, 6) is 0.116. The molecule has 0 atom stereocenters. The molecule has 0 heterocycles. The van der Waals surface area contributed by atoms with Gasteiger partial charge in [-0.3, -0.25) is 4.79 Å². The maximum Gasteiger partial charge on any atom is 0.300 e. The molecule has 0 radical (unpaired) electrons. The highest BCUT2D eigenvalue weighted by Gasteiger charge is 1.97. The Morgan fingerprint density at radius 1 is 1.50 bits per heavy atom. The molecule has 0 unspecified atom stereocenters. The molecule has 1 aromatic carbocycles. The third-order valence-corrected chi connectivity index (χ3v) is 1.79. The van der Waals surface area contributed by atoms with Crippen molar-refractivity contribution in [3.8, 4) is 11.5 Å². The Morgan fingerprint density at radius 3 is 2.36 bits per heavy atom. The lowest BCUT2D eigenvalue weighted by molar-refractivity contribution is -0.134. The quantitative estimate of drug-likeness (QED) is 0.815. The summed E-state index contributed by atoms with van der Waals surface area (Å²) in [6.07, 6.45) is 0. The van der Waals surface area contributed by atoms with Gasteiger partial charge in [0.25, 0.3) is 5.97 Å². The van der Waals surface area contributed by atoms with E-state index in [4.69, 9.17) is 19.7 Å². The fraction of sp³-hybridized carbons (Fsp3) is 0.222. The normalized spacial score (nSPS) is 8.50. The zero-order valence-corrected chi connectivity index (χ0v) is 9.41. The number of phenolic OH excluding ortho intramolecular Hbond substituents is 1. The van der Waals surface area contributed by atoms with Crippen LogP contribution in [0.15, 0.2) is 22.7 Å². The first-order valence-electron chi connectivity index (χ1n) is 3.69. The van der Waals surface area contributed by atoms with Crippen molar-refractivity contribution in [3.05, 3.63) is 22.7 Å². The molecule has 0 saturated carbocycles. The molecule has 5 heteroatoms. The van der Waals surface area contributed by atoms with Gasteiger partial charge in [0, 0.05) is 6.92 Å². The predicted molar refractivity (Wildman–Crippen MR) is 55.7 cm³/mol. The lowest BCUT2D eigenvalue weighted by atomic mass is 10.3. The van der Waals surface area contributed by atoms with Crippen molar-refractivity contribution >= 4 is 21.9 Å². The van der Waals surface area contributed by atoms with Crippen LogP contribution in [0.25, 0.3) is 0 Å². The fourth-order valence-corrected chi connectivity index (χ4v) is 0.972. The lowest BCUT2D eigenvalue weighted by Crippen LogP contribution is -1.80. The lowest BCUT2D eigenvalue weighted by Gasteiger charge is -2.00. The van der Waals surface area contributed by atoms with E-state index in [9.17, 15) is 0 Å². The van der Waals surface area contributed by atoms with Gasteiger partial charge >= 0.3 is 0 Å². The maximum absolute atomic E-state index is 9.04. The summed E-state index contributed by atoms with van der Waals surface area (Å²) in [7, 11) is 1.58. The summed E-state index contributed by atoms with van der Waals surface area (Å²) in [6, 6.07) is 4.97. The van der Waals surface area contributed by atoms with Gasteiger partial charge in [-0.1, -0.05) is 0 Å². The predicted octanol–water partition coefficient (Wildman–Crippen LogP) is 2.25. The molecule has 0 spiro atoms. The molecule has 0 saturated heterocycles. The van der Waals surface area contributed by atoms with Crippen LogP contribution in [0, 0.1) is 0 Å². The van der Waals surface area contributed by atoms with Crippen molar-refractivity contribution in [1.82, 2.24) is 0 Å². The Kier molecular flexibility index (Phi) is 5.71. The van der Waals surface area contributed by atoms with E-state index in [0.29, 0.717) is 4.47 Å². The molecule has 4 nitrogen and oxygen atoms in total. The molecule has 0 aromatic heterocycles. The van der Waals surface area contributed by atoms with Gasteiger partial charge in [0.2, 0.25) is 0 Å². The summed E-state index contributed by atoms with van der Waals surface area (Å²) < 4.78 is 5.55. The number of aromatic hydroxyl groups is 1. The standard InChI is InChI=1S/C7H7BrO2.C2H4O2/c1-10-5-2-3-7(9)6(8)4-5;1-2(3)4/h2-4,9H,1H3;1H3,(H,3,4). The van der Waals surface area contributed by atoms with Gasteiger partial charge < -0.3 is 14.9 Å². The number of ether oxygens (including phenoxy) is 1. The first-order valence-corrected chi connectivity index (χ1v) is 4.48. The number of halogens is 1. The van der Waals surface area contributed by atoms with Crippen LogP contribution in [0.4, 0.5) is 0 Å². The van der Waals surface area contributed by atoms with E-state index in [1.165, 1.54) is 0 Å². The van der Waals surface area contributed by atoms with Gasteiger partial charge in [0.1, 0.15) is 11.5 Å². The van der Waals surface area contributed by atoms with Crippen LogP contribution < -0.4 is 4.74 Å². The first-order chi connectivity index (χ1) is 6.47. The minimum absolute atomic E-state index is 0.223. The van der Waals surface area contributed by atoms with Crippen molar-refractivity contribution in [2.45, 2.75) is 6.92 Å². The van der Waals surface area contributed by atoms with Crippen LogP contribution in [-0.2, 0) is 4.79 Å². The Balaban J connectivity index is 0.000000364. The van der Waals surface area contributed by atoms with Crippen LogP contribution in [0.2, 0.25) is 0 Å². The molecule has 1 aromatic rings. The largest absolute Gasteiger partial charge is 0.507 e. The highest BCUT2D eigenvalue weighted by atomic mass is 79.9. The second kappa shape index (κ2) is 6.26. The highest BCUT2D eigenvalue weighted by molar-refractivity contribution is 9.10. The van der Waals surface area contributed by atoms with Crippen LogP contribution >= 0.6 is 15.9 Å². The molecule has 0 aliphatic carbocycles. The zero-order chi connectivity index (χ0) is 11.1. The smallest absolute Gasteiger partial charge is 0.300 e. The van der Waals surface area contributed by atoms with Crippen molar-refractivity contribution in [2.24, 2.45) is 0 Å². The molecule has 14 heavy (non-hydrogen) atoms. The molecule has 0 bridgehead atoms. The van der Waals surface area contributed by atoms with E-state index in [2.05, 4.69) is 15.9 Å². The third-order valence-electron chi connectivity index (χ3n) is 1.15. The van der Waals surface area contributed by atoms with Gasteiger partial charge in [-0.25, -0.2) is 0 Å². The van der Waals surface area contributed by atoms with E-state index in [1.54, 1.807) is 25.3 Å². The van der Waals surface area contributed by atoms with Gasteiger partial charge in [-0.05, 0) is 34.1 Å². The maximum atomic E-state index is 9.04. The molecule has 2 N–H and O–H groups in total. The van der Waals surface area contributed by atoms with E-state index in [0.717, 1.165) is 12.7 Å². The second-order valence-electron chi connectivity index (χ2n) is 2.34. The number of rotatable bonds is 1. The molecule has 1 rings (SSSR count). The molecule has 0 aliphatic heterocycles. The molecule has 0 amide bonds. The summed E-state index contributed by atoms with van der Waals surface area (Å²) in [4.78, 5) is 9.00. The number of carboxylic acid groups (broad SMARTS) is 1. The van der Waals surface area contributed by atoms with Gasteiger partial charge in [-0.2, -0.15) is 0 Å². The van der Waals surface area contributed by atoms with Crippen molar-refractivity contribution in [3.63, 3.8) is 0 Å². The Morgan fingerprint density at radius 2 is 2.00 bits per heavy atom. The number of aliphatic carboxylic acids is 1. The first kappa shape index (κ1) is 12.8. The Hall–Kier alpha value is -1.23. The van der Waals surface area contributed by atoms with Gasteiger partial charge in [0.05, 0.1) is 11.6 Å². The average Bonchev–Trinajstić information content (AvgIpc) is 2.09.